The highest BCUT2D eigenvalue weighted by Gasteiger charge is 1.99. The summed E-state index contributed by atoms with van der Waals surface area (Å²) < 4.78 is 37.4. The van der Waals surface area contributed by atoms with Crippen LogP contribution in [0.5, 0.6) is 0 Å². The molecule has 0 bridgehead atoms. The van der Waals surface area contributed by atoms with E-state index in [4.69, 9.17) is 23.2 Å². The van der Waals surface area contributed by atoms with Crippen LogP contribution < -0.4 is 0 Å². The molecule has 0 fully saturated rings. The van der Waals surface area contributed by atoms with E-state index in [0.29, 0.717) is 16.7 Å². The monoisotopic (exact) mass is 399 g/mol. The molecule has 0 aliphatic heterocycles. The maximum Gasteiger partial charge on any atom is 0.215 e. The van der Waals surface area contributed by atoms with E-state index in [-0.39, 0.29) is 27.6 Å². The number of hydrogen-bond donors (Lipinski definition) is 0. The molecule has 1 heterocycles. The Bertz CT molecular complexity index is 743. The van der Waals surface area contributed by atoms with E-state index in [2.05, 4.69) is 4.98 Å². The van der Waals surface area contributed by atoms with Crippen molar-refractivity contribution in [2.24, 2.45) is 0 Å². The second-order valence-corrected chi connectivity index (χ2v) is 6.17. The summed E-state index contributed by atoms with van der Waals surface area (Å²) in [6.07, 6.45) is 1.43. The molecule has 0 N–H and O–H groups in total. The summed E-state index contributed by atoms with van der Waals surface area (Å²) in [6, 6.07) is 13.3. The highest BCUT2D eigenvalue weighted by molar-refractivity contribution is 6.31. The fraction of sp³-hybridized carbons (Fsp3) is 0.150. The van der Waals surface area contributed by atoms with Crippen molar-refractivity contribution in [3.63, 3.8) is 0 Å². The maximum absolute atomic E-state index is 12.6. The van der Waals surface area contributed by atoms with Crippen molar-refractivity contribution in [2.45, 2.75) is 20.8 Å². The first-order valence-electron chi connectivity index (χ1n) is 7.62. The van der Waals surface area contributed by atoms with Gasteiger partial charge in [-0.05, 0) is 50.1 Å². The summed E-state index contributed by atoms with van der Waals surface area (Å²) >= 11 is 10.9. The molecule has 0 atom stereocenters. The van der Waals surface area contributed by atoms with Gasteiger partial charge in [-0.3, -0.25) is 0 Å². The molecule has 1 nitrogen and oxygen atoms in total. The van der Waals surface area contributed by atoms with Crippen LogP contribution in [-0.2, 0) is 0 Å². The van der Waals surface area contributed by atoms with E-state index in [9.17, 15) is 13.2 Å². The van der Waals surface area contributed by atoms with Crippen LogP contribution in [0.4, 0.5) is 13.2 Å². The molecule has 0 spiro atoms. The fourth-order valence-electron chi connectivity index (χ4n) is 1.69. The molecule has 0 saturated carbocycles. The zero-order chi connectivity index (χ0) is 19.7. The molecule has 0 aliphatic carbocycles. The SMILES string of the molecule is Cc1cccc(Cl)c1F.Cc1cccc(Cl)c1F.Cc1cccnc1F. The first-order chi connectivity index (χ1) is 12.2. The van der Waals surface area contributed by atoms with Crippen molar-refractivity contribution in [3.05, 3.63) is 99.0 Å². The predicted molar refractivity (Wildman–Crippen MR) is 101 cm³/mol. The largest absolute Gasteiger partial charge is 0.228 e. The first kappa shape index (κ1) is 22.0. The fourth-order valence-corrected chi connectivity index (χ4v) is 2.13. The molecule has 6 heteroatoms. The minimum atomic E-state index is -0.382. The summed E-state index contributed by atoms with van der Waals surface area (Å²) in [5.41, 5.74) is 1.76. The quantitative estimate of drug-likeness (QED) is 0.367. The van der Waals surface area contributed by atoms with E-state index < -0.39 is 0 Å². The summed E-state index contributed by atoms with van der Waals surface area (Å²) in [7, 11) is 0. The van der Waals surface area contributed by atoms with Gasteiger partial charge in [0, 0.05) is 11.8 Å². The lowest BCUT2D eigenvalue weighted by Gasteiger charge is -1.94. The molecule has 0 radical (unpaired) electrons. The zero-order valence-corrected chi connectivity index (χ0v) is 16.0. The normalized spacial score (nSPS) is 9.54. The molecule has 3 aromatic rings. The minimum absolute atomic E-state index is 0.190. The molecule has 0 saturated heterocycles. The highest BCUT2D eigenvalue weighted by Crippen LogP contribution is 2.16. The second kappa shape index (κ2) is 10.8. The summed E-state index contributed by atoms with van der Waals surface area (Å²) in [6.45, 7) is 5.05. The molecule has 26 heavy (non-hydrogen) atoms. The molecule has 3 rings (SSSR count). The zero-order valence-electron chi connectivity index (χ0n) is 14.5. The van der Waals surface area contributed by atoms with Crippen molar-refractivity contribution in [3.8, 4) is 0 Å². The number of nitrogens with zero attached hydrogens (tertiary/aromatic N) is 1. The van der Waals surface area contributed by atoms with Crippen molar-refractivity contribution in [1.82, 2.24) is 4.98 Å². The Labute approximate surface area is 161 Å². The summed E-state index contributed by atoms with van der Waals surface area (Å²) in [5.74, 6) is -1.02. The van der Waals surface area contributed by atoms with Crippen LogP contribution in [0, 0.1) is 38.4 Å². The van der Waals surface area contributed by atoms with Gasteiger partial charge in [-0.25, -0.2) is 13.8 Å². The van der Waals surface area contributed by atoms with Crippen LogP contribution in [-0.4, -0.2) is 4.98 Å². The Balaban J connectivity index is 0.000000195. The number of halogens is 5. The van der Waals surface area contributed by atoms with Crippen molar-refractivity contribution in [1.29, 1.82) is 0 Å². The van der Waals surface area contributed by atoms with Gasteiger partial charge in [-0.2, -0.15) is 4.39 Å². The Morgan fingerprint density at radius 1 is 0.654 bits per heavy atom. The number of aromatic nitrogens is 1. The third kappa shape index (κ3) is 7.06. The average Bonchev–Trinajstić information content (AvgIpc) is 2.61. The van der Waals surface area contributed by atoms with Crippen molar-refractivity contribution in [2.75, 3.05) is 0 Å². The van der Waals surface area contributed by atoms with Gasteiger partial charge in [0.25, 0.3) is 0 Å². The van der Waals surface area contributed by atoms with Gasteiger partial charge in [0.05, 0.1) is 10.0 Å². The summed E-state index contributed by atoms with van der Waals surface area (Å²) in [4.78, 5) is 3.41. The average molecular weight is 400 g/mol. The number of aryl methyl sites for hydroxylation is 3. The molecule has 2 aromatic carbocycles. The molecule has 138 valence electrons. The van der Waals surface area contributed by atoms with Gasteiger partial charge in [-0.15, -0.1) is 0 Å². The highest BCUT2D eigenvalue weighted by atomic mass is 35.5. The molecular weight excluding hydrogens is 382 g/mol. The summed E-state index contributed by atoms with van der Waals surface area (Å²) in [5, 5.41) is 0.380. The van der Waals surface area contributed by atoms with Crippen LogP contribution >= 0.6 is 23.2 Å². The third-order valence-electron chi connectivity index (χ3n) is 3.23. The standard InChI is InChI=1S/2C7H6ClF.C6H6FN/c2*1-5-3-2-4-6(8)7(5)9;1-5-3-2-4-8-6(5)7/h2*2-4H,1H3;2-4H,1H3. The lowest BCUT2D eigenvalue weighted by Crippen LogP contribution is -1.83. The lowest BCUT2D eigenvalue weighted by atomic mass is 10.2. The minimum Gasteiger partial charge on any atom is -0.228 e. The Morgan fingerprint density at radius 3 is 1.35 bits per heavy atom. The topological polar surface area (TPSA) is 12.9 Å². The Morgan fingerprint density at radius 2 is 1.08 bits per heavy atom. The molecule has 0 aliphatic rings. The van der Waals surface area contributed by atoms with Gasteiger partial charge in [0.15, 0.2) is 0 Å². The maximum atomic E-state index is 12.6. The molecular formula is C20H18Cl2F3N. The smallest absolute Gasteiger partial charge is 0.215 e. The van der Waals surface area contributed by atoms with Crippen LogP contribution in [0.15, 0.2) is 54.7 Å². The number of rotatable bonds is 0. The van der Waals surface area contributed by atoms with Gasteiger partial charge >= 0.3 is 0 Å². The number of hydrogen-bond acceptors (Lipinski definition) is 1. The van der Waals surface area contributed by atoms with Crippen LogP contribution in [0.1, 0.15) is 16.7 Å². The number of benzene rings is 2. The molecule has 1 aromatic heterocycles. The van der Waals surface area contributed by atoms with E-state index in [1.54, 1.807) is 57.2 Å². The Kier molecular flexibility index (Phi) is 9.17. The number of pyridine rings is 1. The van der Waals surface area contributed by atoms with Crippen molar-refractivity contribution < 1.29 is 13.2 Å². The van der Waals surface area contributed by atoms with Gasteiger partial charge in [0.2, 0.25) is 5.95 Å². The van der Waals surface area contributed by atoms with Crippen LogP contribution in [0.3, 0.4) is 0 Å². The first-order valence-corrected chi connectivity index (χ1v) is 8.38. The van der Waals surface area contributed by atoms with E-state index in [0.717, 1.165) is 0 Å². The van der Waals surface area contributed by atoms with E-state index >= 15 is 0 Å². The second-order valence-electron chi connectivity index (χ2n) is 5.35. The van der Waals surface area contributed by atoms with Gasteiger partial charge in [-0.1, -0.05) is 53.5 Å². The van der Waals surface area contributed by atoms with Crippen molar-refractivity contribution >= 4 is 23.2 Å². The predicted octanol–water partition coefficient (Wildman–Crippen LogP) is 7.10. The molecule has 0 amide bonds. The Hall–Kier alpha value is -2.04. The lowest BCUT2D eigenvalue weighted by molar-refractivity contribution is 0.574. The van der Waals surface area contributed by atoms with E-state index in [1.165, 1.54) is 18.3 Å². The van der Waals surface area contributed by atoms with Crippen LogP contribution in [0.25, 0.3) is 0 Å². The van der Waals surface area contributed by atoms with Crippen LogP contribution in [0.2, 0.25) is 10.0 Å². The third-order valence-corrected chi connectivity index (χ3v) is 3.82. The van der Waals surface area contributed by atoms with E-state index in [1.807, 2.05) is 0 Å². The van der Waals surface area contributed by atoms with Gasteiger partial charge < -0.3 is 0 Å². The molecule has 0 unspecified atom stereocenters. The van der Waals surface area contributed by atoms with Gasteiger partial charge in [0.1, 0.15) is 11.6 Å².